The van der Waals surface area contributed by atoms with Gasteiger partial charge in [-0.05, 0) is 50.8 Å². The number of nitrogens with one attached hydrogen (secondary N) is 1. The van der Waals surface area contributed by atoms with Crippen molar-refractivity contribution in [2.24, 2.45) is 0 Å². The molecule has 0 aliphatic heterocycles. The highest BCUT2D eigenvalue weighted by molar-refractivity contribution is 7.71. The van der Waals surface area contributed by atoms with Gasteiger partial charge in [0.1, 0.15) is 0 Å². The standard InChI is InChI=1S/C14H22N4S/c1-5-17(6-2)9-11(4)18-13-12(16-14(18)19)7-10(3)8-15-13/h7-8,11H,5-6,9H2,1-4H3,(H,16,19). The Labute approximate surface area is 119 Å². The van der Waals surface area contributed by atoms with Gasteiger partial charge < -0.3 is 9.88 Å². The van der Waals surface area contributed by atoms with E-state index >= 15 is 0 Å². The molecular formula is C14H22N4S. The lowest BCUT2D eigenvalue weighted by atomic mass is 10.2. The van der Waals surface area contributed by atoms with Crippen LogP contribution >= 0.6 is 12.2 Å². The molecule has 104 valence electrons. The van der Waals surface area contributed by atoms with Crippen LogP contribution in [0.1, 0.15) is 32.4 Å². The number of hydrogen-bond acceptors (Lipinski definition) is 3. The van der Waals surface area contributed by atoms with E-state index in [0.717, 1.165) is 41.1 Å². The van der Waals surface area contributed by atoms with Crippen molar-refractivity contribution in [2.45, 2.75) is 33.7 Å². The molecule has 0 aliphatic carbocycles. The maximum Gasteiger partial charge on any atom is 0.179 e. The molecule has 1 atom stereocenters. The number of fused-ring (bicyclic) bond motifs is 1. The Kier molecular flexibility index (Phi) is 4.37. The van der Waals surface area contributed by atoms with Crippen molar-refractivity contribution in [1.29, 1.82) is 0 Å². The van der Waals surface area contributed by atoms with Crippen LogP contribution in [-0.2, 0) is 0 Å². The topological polar surface area (TPSA) is 36.9 Å². The lowest BCUT2D eigenvalue weighted by Gasteiger charge is -2.23. The van der Waals surface area contributed by atoms with Crippen LogP contribution in [0.3, 0.4) is 0 Å². The van der Waals surface area contributed by atoms with Gasteiger partial charge >= 0.3 is 0 Å². The Hall–Kier alpha value is -1.20. The van der Waals surface area contributed by atoms with E-state index in [2.05, 4.69) is 46.3 Å². The Morgan fingerprint density at radius 3 is 2.74 bits per heavy atom. The summed E-state index contributed by atoms with van der Waals surface area (Å²) in [6, 6.07) is 2.41. The van der Waals surface area contributed by atoms with Crippen LogP contribution in [-0.4, -0.2) is 39.1 Å². The third-order valence-corrected chi connectivity index (χ3v) is 3.85. The summed E-state index contributed by atoms with van der Waals surface area (Å²) in [4.78, 5) is 10.2. The monoisotopic (exact) mass is 278 g/mol. The molecule has 19 heavy (non-hydrogen) atoms. The van der Waals surface area contributed by atoms with Crippen molar-refractivity contribution >= 4 is 23.4 Å². The second kappa shape index (κ2) is 5.84. The van der Waals surface area contributed by atoms with Gasteiger partial charge in [-0.15, -0.1) is 0 Å². The van der Waals surface area contributed by atoms with Crippen LogP contribution in [0, 0.1) is 11.7 Å². The van der Waals surface area contributed by atoms with Gasteiger partial charge in [-0.3, -0.25) is 4.57 Å². The number of rotatable bonds is 5. The number of likely N-dealkylation sites (N-methyl/N-ethyl adjacent to an activating group) is 1. The summed E-state index contributed by atoms with van der Waals surface area (Å²) in [6.07, 6.45) is 1.89. The second-order valence-electron chi connectivity index (χ2n) is 5.02. The third-order valence-electron chi connectivity index (χ3n) is 3.55. The predicted octanol–water partition coefficient (Wildman–Crippen LogP) is 3.31. The van der Waals surface area contributed by atoms with Crippen LogP contribution in [0.2, 0.25) is 0 Å². The molecule has 1 unspecified atom stereocenters. The highest BCUT2D eigenvalue weighted by atomic mass is 32.1. The molecule has 0 amide bonds. The van der Waals surface area contributed by atoms with E-state index in [-0.39, 0.29) is 0 Å². The fraction of sp³-hybridized carbons (Fsp3) is 0.571. The SMILES string of the molecule is CCN(CC)CC(C)n1c(=S)[nH]c2cc(C)cnc21. The average molecular weight is 278 g/mol. The minimum atomic E-state index is 0.316. The molecule has 0 aromatic carbocycles. The fourth-order valence-electron chi connectivity index (χ4n) is 2.46. The minimum absolute atomic E-state index is 0.316. The first-order valence-electron chi connectivity index (χ1n) is 6.86. The molecule has 0 aliphatic rings. The zero-order chi connectivity index (χ0) is 14.0. The molecule has 2 rings (SSSR count). The molecule has 0 saturated heterocycles. The zero-order valence-corrected chi connectivity index (χ0v) is 12.9. The van der Waals surface area contributed by atoms with Crippen molar-refractivity contribution in [3.05, 3.63) is 22.6 Å². The van der Waals surface area contributed by atoms with E-state index in [4.69, 9.17) is 12.2 Å². The first-order valence-corrected chi connectivity index (χ1v) is 7.26. The minimum Gasteiger partial charge on any atom is -0.329 e. The smallest absolute Gasteiger partial charge is 0.179 e. The second-order valence-corrected chi connectivity index (χ2v) is 5.41. The van der Waals surface area contributed by atoms with Crippen LogP contribution in [0.5, 0.6) is 0 Å². The lowest BCUT2D eigenvalue weighted by molar-refractivity contribution is 0.262. The van der Waals surface area contributed by atoms with Gasteiger partial charge in [-0.2, -0.15) is 0 Å². The van der Waals surface area contributed by atoms with Gasteiger partial charge in [-0.1, -0.05) is 13.8 Å². The van der Waals surface area contributed by atoms with Gasteiger partial charge in [0.2, 0.25) is 0 Å². The number of nitrogens with zero attached hydrogens (tertiary/aromatic N) is 3. The number of aromatic nitrogens is 3. The van der Waals surface area contributed by atoms with Gasteiger partial charge in [0, 0.05) is 18.8 Å². The predicted molar refractivity (Wildman–Crippen MR) is 82.2 cm³/mol. The van der Waals surface area contributed by atoms with E-state index in [9.17, 15) is 0 Å². The van der Waals surface area contributed by atoms with Crippen molar-refractivity contribution in [3.63, 3.8) is 0 Å². The van der Waals surface area contributed by atoms with Gasteiger partial charge in [-0.25, -0.2) is 4.98 Å². The highest BCUT2D eigenvalue weighted by Crippen LogP contribution is 2.18. The number of imidazole rings is 1. The first-order chi connectivity index (χ1) is 9.06. The molecule has 0 bridgehead atoms. The quantitative estimate of drug-likeness (QED) is 0.853. The molecule has 0 fully saturated rings. The van der Waals surface area contributed by atoms with Crippen LogP contribution in [0.4, 0.5) is 0 Å². The molecule has 4 nitrogen and oxygen atoms in total. The van der Waals surface area contributed by atoms with Crippen LogP contribution in [0.25, 0.3) is 11.2 Å². The Bertz CT molecular complexity index is 609. The Morgan fingerprint density at radius 2 is 2.11 bits per heavy atom. The normalized spacial score (nSPS) is 13.3. The number of aromatic amines is 1. The zero-order valence-electron chi connectivity index (χ0n) is 12.1. The van der Waals surface area contributed by atoms with Crippen molar-refractivity contribution in [3.8, 4) is 0 Å². The van der Waals surface area contributed by atoms with E-state index < -0.39 is 0 Å². The fourth-order valence-corrected chi connectivity index (χ4v) is 2.84. The molecular weight excluding hydrogens is 256 g/mol. The van der Waals surface area contributed by atoms with Crippen molar-refractivity contribution < 1.29 is 0 Å². The van der Waals surface area contributed by atoms with Crippen LogP contribution < -0.4 is 0 Å². The molecule has 2 aromatic rings. The molecule has 2 heterocycles. The summed E-state index contributed by atoms with van der Waals surface area (Å²) in [5.74, 6) is 0. The summed E-state index contributed by atoms with van der Waals surface area (Å²) < 4.78 is 2.88. The third kappa shape index (κ3) is 2.87. The maximum atomic E-state index is 5.45. The summed E-state index contributed by atoms with van der Waals surface area (Å²) >= 11 is 5.45. The Balaban J connectivity index is 2.39. The molecule has 0 saturated carbocycles. The number of hydrogen-bond donors (Lipinski definition) is 1. The van der Waals surface area contributed by atoms with Crippen LogP contribution in [0.15, 0.2) is 12.3 Å². The molecule has 5 heteroatoms. The van der Waals surface area contributed by atoms with Gasteiger partial charge in [0.15, 0.2) is 10.4 Å². The number of H-pyrrole nitrogens is 1. The first kappa shape index (κ1) is 14.2. The van der Waals surface area contributed by atoms with Crippen molar-refractivity contribution in [2.75, 3.05) is 19.6 Å². The molecule has 1 N–H and O–H groups in total. The van der Waals surface area contributed by atoms with E-state index in [1.807, 2.05) is 13.1 Å². The summed E-state index contributed by atoms with van der Waals surface area (Å²) in [5, 5.41) is 0. The summed E-state index contributed by atoms with van der Waals surface area (Å²) in [6.45, 7) is 11.7. The molecule has 2 aromatic heterocycles. The summed E-state index contributed by atoms with van der Waals surface area (Å²) in [5.41, 5.74) is 3.12. The average Bonchev–Trinajstić information content (AvgIpc) is 2.70. The lowest BCUT2D eigenvalue weighted by Crippen LogP contribution is -2.29. The van der Waals surface area contributed by atoms with E-state index in [1.165, 1.54) is 0 Å². The van der Waals surface area contributed by atoms with E-state index in [0.29, 0.717) is 6.04 Å². The Morgan fingerprint density at radius 1 is 1.42 bits per heavy atom. The number of pyridine rings is 1. The molecule has 0 radical (unpaired) electrons. The van der Waals surface area contributed by atoms with Crippen molar-refractivity contribution in [1.82, 2.24) is 19.4 Å². The maximum absolute atomic E-state index is 5.45. The highest BCUT2D eigenvalue weighted by Gasteiger charge is 2.14. The van der Waals surface area contributed by atoms with Gasteiger partial charge in [0.25, 0.3) is 0 Å². The van der Waals surface area contributed by atoms with Gasteiger partial charge in [0.05, 0.1) is 5.52 Å². The van der Waals surface area contributed by atoms with E-state index in [1.54, 1.807) is 0 Å². The number of aryl methyl sites for hydroxylation is 1. The molecule has 0 spiro atoms. The summed E-state index contributed by atoms with van der Waals surface area (Å²) in [7, 11) is 0. The largest absolute Gasteiger partial charge is 0.329 e.